The summed E-state index contributed by atoms with van der Waals surface area (Å²) in [5.74, 6) is 0.415. The number of rotatable bonds is 6. The minimum atomic E-state index is -0.298. The Kier molecular flexibility index (Phi) is 5.12. The van der Waals surface area contributed by atoms with Gasteiger partial charge in [-0.2, -0.15) is 0 Å². The van der Waals surface area contributed by atoms with E-state index in [1.807, 2.05) is 0 Å². The third kappa shape index (κ3) is 4.30. The molecule has 0 fully saturated rings. The molecule has 1 rings (SSSR count). The number of benzene rings is 1. The number of ether oxygens (including phenoxy) is 1. The number of nitrogens with one attached hydrogen (secondary N) is 1. The first-order valence-corrected chi connectivity index (χ1v) is 5.32. The first-order valence-electron chi connectivity index (χ1n) is 5.32. The maximum absolute atomic E-state index is 13.2. The molecular formula is C12H18FNO. The standard InChI is InChI=1S/C12H18FNO/c1-3-14-8-10(2)9-15-12-7-5-4-6-11(12)13/h4-7,10,14H,3,8-9H2,1-2H3. The average Bonchev–Trinajstić information content (AvgIpc) is 2.25. The van der Waals surface area contributed by atoms with Gasteiger partial charge in [0.15, 0.2) is 11.6 Å². The summed E-state index contributed by atoms with van der Waals surface area (Å²) in [6.07, 6.45) is 0. The van der Waals surface area contributed by atoms with Crippen LogP contribution in [0.2, 0.25) is 0 Å². The highest BCUT2D eigenvalue weighted by atomic mass is 19.1. The largest absolute Gasteiger partial charge is 0.490 e. The van der Waals surface area contributed by atoms with Crippen LogP contribution >= 0.6 is 0 Å². The molecule has 2 nitrogen and oxygen atoms in total. The Bertz CT molecular complexity index is 291. The van der Waals surface area contributed by atoms with E-state index in [9.17, 15) is 4.39 Å². The molecule has 84 valence electrons. The third-order valence-corrected chi connectivity index (χ3v) is 2.10. The Morgan fingerprint density at radius 2 is 2.13 bits per heavy atom. The van der Waals surface area contributed by atoms with Crippen molar-refractivity contribution in [2.24, 2.45) is 5.92 Å². The van der Waals surface area contributed by atoms with Crippen molar-refractivity contribution in [2.45, 2.75) is 13.8 Å². The number of hydrogen-bond donors (Lipinski definition) is 1. The smallest absolute Gasteiger partial charge is 0.165 e. The van der Waals surface area contributed by atoms with Gasteiger partial charge in [-0.1, -0.05) is 26.0 Å². The highest BCUT2D eigenvalue weighted by molar-refractivity contribution is 5.23. The van der Waals surface area contributed by atoms with Gasteiger partial charge in [-0.15, -0.1) is 0 Å². The minimum Gasteiger partial charge on any atom is -0.490 e. The van der Waals surface area contributed by atoms with Crippen LogP contribution in [0, 0.1) is 11.7 Å². The Balaban J connectivity index is 2.33. The van der Waals surface area contributed by atoms with Gasteiger partial charge in [-0.3, -0.25) is 0 Å². The zero-order valence-corrected chi connectivity index (χ0v) is 9.29. The maximum atomic E-state index is 13.2. The van der Waals surface area contributed by atoms with E-state index >= 15 is 0 Å². The molecule has 3 heteroatoms. The number of halogens is 1. The molecule has 0 bridgehead atoms. The van der Waals surface area contributed by atoms with Crippen molar-refractivity contribution >= 4 is 0 Å². The fourth-order valence-corrected chi connectivity index (χ4v) is 1.24. The highest BCUT2D eigenvalue weighted by Crippen LogP contribution is 2.15. The molecule has 0 spiro atoms. The molecule has 1 unspecified atom stereocenters. The van der Waals surface area contributed by atoms with Gasteiger partial charge in [-0.05, 0) is 18.7 Å². The Labute approximate surface area is 90.4 Å². The van der Waals surface area contributed by atoms with Gasteiger partial charge >= 0.3 is 0 Å². The summed E-state index contributed by atoms with van der Waals surface area (Å²) in [5.41, 5.74) is 0. The van der Waals surface area contributed by atoms with Gasteiger partial charge in [0.2, 0.25) is 0 Å². The molecule has 1 aromatic rings. The first-order chi connectivity index (χ1) is 7.24. The van der Waals surface area contributed by atoms with E-state index in [2.05, 4.69) is 19.2 Å². The van der Waals surface area contributed by atoms with Crippen LogP contribution < -0.4 is 10.1 Å². The summed E-state index contributed by atoms with van der Waals surface area (Å²) in [4.78, 5) is 0. The molecule has 1 N–H and O–H groups in total. The van der Waals surface area contributed by atoms with Crippen LogP contribution in [-0.4, -0.2) is 19.7 Å². The molecule has 15 heavy (non-hydrogen) atoms. The second-order valence-corrected chi connectivity index (χ2v) is 3.65. The quantitative estimate of drug-likeness (QED) is 0.780. The Morgan fingerprint density at radius 3 is 2.80 bits per heavy atom. The van der Waals surface area contributed by atoms with Crippen molar-refractivity contribution in [1.29, 1.82) is 0 Å². The molecule has 0 aromatic heterocycles. The third-order valence-electron chi connectivity index (χ3n) is 2.10. The van der Waals surface area contributed by atoms with Crippen LogP contribution in [-0.2, 0) is 0 Å². The van der Waals surface area contributed by atoms with Gasteiger partial charge < -0.3 is 10.1 Å². The predicted molar refractivity (Wildman–Crippen MR) is 59.6 cm³/mol. The fraction of sp³-hybridized carbons (Fsp3) is 0.500. The molecule has 0 aliphatic rings. The monoisotopic (exact) mass is 211 g/mol. The fourth-order valence-electron chi connectivity index (χ4n) is 1.24. The molecule has 0 aliphatic carbocycles. The molecule has 0 radical (unpaired) electrons. The van der Waals surface area contributed by atoms with Crippen molar-refractivity contribution < 1.29 is 9.13 Å². The molecule has 1 atom stereocenters. The molecule has 0 heterocycles. The van der Waals surface area contributed by atoms with Crippen LogP contribution in [0.15, 0.2) is 24.3 Å². The van der Waals surface area contributed by atoms with E-state index in [0.29, 0.717) is 18.3 Å². The lowest BCUT2D eigenvalue weighted by Gasteiger charge is -2.13. The second-order valence-electron chi connectivity index (χ2n) is 3.65. The zero-order valence-electron chi connectivity index (χ0n) is 9.29. The molecule has 0 aliphatic heterocycles. The van der Waals surface area contributed by atoms with Crippen LogP contribution in [0.3, 0.4) is 0 Å². The van der Waals surface area contributed by atoms with E-state index in [-0.39, 0.29) is 5.82 Å². The summed E-state index contributed by atoms with van der Waals surface area (Å²) >= 11 is 0. The number of para-hydroxylation sites is 1. The summed E-state index contributed by atoms with van der Waals surface area (Å²) in [6, 6.07) is 6.48. The highest BCUT2D eigenvalue weighted by Gasteiger charge is 2.05. The van der Waals surface area contributed by atoms with E-state index < -0.39 is 0 Å². The minimum absolute atomic E-state index is 0.298. The van der Waals surface area contributed by atoms with E-state index in [4.69, 9.17) is 4.74 Å². The van der Waals surface area contributed by atoms with E-state index in [1.165, 1.54) is 6.07 Å². The SMILES string of the molecule is CCNCC(C)COc1ccccc1F. The molecule has 0 saturated carbocycles. The van der Waals surface area contributed by atoms with Gasteiger partial charge in [0, 0.05) is 12.5 Å². The summed E-state index contributed by atoms with van der Waals surface area (Å²) in [5, 5.41) is 3.23. The maximum Gasteiger partial charge on any atom is 0.165 e. The molecular weight excluding hydrogens is 193 g/mol. The van der Waals surface area contributed by atoms with Crippen molar-refractivity contribution in [2.75, 3.05) is 19.7 Å². The van der Waals surface area contributed by atoms with Crippen molar-refractivity contribution in [3.63, 3.8) is 0 Å². The van der Waals surface area contributed by atoms with Crippen molar-refractivity contribution in [3.8, 4) is 5.75 Å². The number of hydrogen-bond acceptors (Lipinski definition) is 2. The van der Waals surface area contributed by atoms with Gasteiger partial charge in [0.25, 0.3) is 0 Å². The van der Waals surface area contributed by atoms with E-state index in [1.54, 1.807) is 18.2 Å². The van der Waals surface area contributed by atoms with Gasteiger partial charge in [0.05, 0.1) is 6.61 Å². The lowest BCUT2D eigenvalue weighted by atomic mass is 10.2. The first kappa shape index (κ1) is 12.0. The summed E-state index contributed by atoms with van der Waals surface area (Å²) in [7, 11) is 0. The molecule has 0 amide bonds. The van der Waals surface area contributed by atoms with Crippen LogP contribution in [0.5, 0.6) is 5.75 Å². The summed E-state index contributed by atoms with van der Waals surface area (Å²) in [6.45, 7) is 6.51. The van der Waals surface area contributed by atoms with Gasteiger partial charge in [-0.25, -0.2) is 4.39 Å². The van der Waals surface area contributed by atoms with Crippen molar-refractivity contribution in [1.82, 2.24) is 5.32 Å². The van der Waals surface area contributed by atoms with Crippen LogP contribution in [0.4, 0.5) is 4.39 Å². The Morgan fingerprint density at radius 1 is 1.40 bits per heavy atom. The topological polar surface area (TPSA) is 21.3 Å². The van der Waals surface area contributed by atoms with Crippen molar-refractivity contribution in [3.05, 3.63) is 30.1 Å². The lowest BCUT2D eigenvalue weighted by molar-refractivity contribution is 0.246. The zero-order chi connectivity index (χ0) is 11.1. The van der Waals surface area contributed by atoms with Crippen LogP contribution in [0.1, 0.15) is 13.8 Å². The van der Waals surface area contributed by atoms with Crippen LogP contribution in [0.25, 0.3) is 0 Å². The van der Waals surface area contributed by atoms with Gasteiger partial charge in [0.1, 0.15) is 0 Å². The lowest BCUT2D eigenvalue weighted by Crippen LogP contribution is -2.24. The molecule has 0 saturated heterocycles. The normalized spacial score (nSPS) is 12.5. The Hall–Kier alpha value is -1.09. The molecule has 1 aromatic carbocycles. The van der Waals surface area contributed by atoms with E-state index in [0.717, 1.165) is 13.1 Å². The predicted octanol–water partition coefficient (Wildman–Crippen LogP) is 2.45. The summed E-state index contributed by atoms with van der Waals surface area (Å²) < 4.78 is 18.5. The second kappa shape index (κ2) is 6.40. The average molecular weight is 211 g/mol.